The number of para-hydroxylation sites is 1. The number of benzene rings is 1. The summed E-state index contributed by atoms with van der Waals surface area (Å²) in [6, 6.07) is 10.0. The zero-order valence-corrected chi connectivity index (χ0v) is 17.3. The number of piperidine rings is 1. The molecule has 3 aromatic rings. The molecular formula is C21H22F2N6O3. The number of likely N-dealkylation sites (tertiary alicyclic amines) is 1. The molecule has 1 amide bonds. The molecule has 0 N–H and O–H groups in total. The Kier molecular flexibility index (Phi) is 6.52. The van der Waals surface area contributed by atoms with Gasteiger partial charge >= 0.3 is 0 Å². The maximum absolute atomic E-state index is 13.4. The first kappa shape index (κ1) is 21.6. The molecule has 1 aromatic carbocycles. The van der Waals surface area contributed by atoms with Gasteiger partial charge in [0, 0.05) is 18.3 Å². The smallest absolute Gasteiger partial charge is 0.272 e. The first-order valence-electron chi connectivity index (χ1n) is 10.2. The molecule has 2 atom stereocenters. The lowest BCUT2D eigenvalue weighted by atomic mass is 9.99. The topological polar surface area (TPSA) is 95.3 Å². The number of hydrogen-bond donors (Lipinski definition) is 0. The monoisotopic (exact) mass is 444 g/mol. The van der Waals surface area contributed by atoms with Gasteiger partial charge in [-0.15, -0.1) is 15.0 Å². The first-order chi connectivity index (χ1) is 15.5. The van der Waals surface area contributed by atoms with E-state index in [9.17, 15) is 13.6 Å². The highest BCUT2D eigenvalue weighted by Gasteiger charge is 2.32. The van der Waals surface area contributed by atoms with Gasteiger partial charge in [-0.3, -0.25) is 4.79 Å². The Balaban J connectivity index is 1.48. The van der Waals surface area contributed by atoms with Gasteiger partial charge in [-0.25, -0.2) is 13.8 Å². The molecule has 9 nitrogen and oxygen atoms in total. The van der Waals surface area contributed by atoms with E-state index in [0.717, 1.165) is 12.8 Å². The van der Waals surface area contributed by atoms with E-state index in [0.29, 0.717) is 17.8 Å². The second-order valence-electron chi connectivity index (χ2n) is 7.40. The Morgan fingerprint density at radius 3 is 2.88 bits per heavy atom. The van der Waals surface area contributed by atoms with Crippen LogP contribution in [-0.4, -0.2) is 67.7 Å². The average molecular weight is 444 g/mol. The van der Waals surface area contributed by atoms with Gasteiger partial charge in [0.1, 0.15) is 24.1 Å². The van der Waals surface area contributed by atoms with Crippen molar-refractivity contribution in [3.8, 4) is 17.3 Å². The molecule has 0 spiro atoms. The Morgan fingerprint density at radius 2 is 2.09 bits per heavy atom. The fraction of sp³-hybridized carbons (Fsp3) is 0.381. The number of carbonyl (C=O) groups is 1. The molecule has 11 heteroatoms. The van der Waals surface area contributed by atoms with Crippen molar-refractivity contribution >= 4 is 5.91 Å². The van der Waals surface area contributed by atoms with Crippen LogP contribution in [0, 0.1) is 0 Å². The SMILES string of the molecule is C[C@@H]1CC[C@@H](Oc2cc(OCC(F)F)ccn2)CN1C(=O)c1ccccc1-n1ncnn1. The number of hydrogen-bond acceptors (Lipinski definition) is 7. The minimum Gasteiger partial charge on any atom is -0.487 e. The van der Waals surface area contributed by atoms with Crippen molar-refractivity contribution in [1.29, 1.82) is 0 Å². The van der Waals surface area contributed by atoms with E-state index >= 15 is 0 Å². The number of nitrogens with zero attached hydrogens (tertiary/aromatic N) is 6. The summed E-state index contributed by atoms with van der Waals surface area (Å²) in [7, 11) is 0. The lowest BCUT2D eigenvalue weighted by molar-refractivity contribution is 0.0371. The van der Waals surface area contributed by atoms with Crippen LogP contribution in [0.3, 0.4) is 0 Å². The summed E-state index contributed by atoms with van der Waals surface area (Å²) in [5.74, 6) is 0.346. The molecule has 1 aliphatic rings. The predicted octanol–water partition coefficient (Wildman–Crippen LogP) is 2.77. The molecular weight excluding hydrogens is 422 g/mol. The molecule has 0 aliphatic carbocycles. The van der Waals surface area contributed by atoms with E-state index < -0.39 is 13.0 Å². The lowest BCUT2D eigenvalue weighted by Crippen LogP contribution is -2.49. The van der Waals surface area contributed by atoms with Crippen molar-refractivity contribution < 1.29 is 23.0 Å². The number of pyridine rings is 1. The minimum atomic E-state index is -2.57. The summed E-state index contributed by atoms with van der Waals surface area (Å²) in [5, 5.41) is 11.6. The predicted molar refractivity (Wildman–Crippen MR) is 109 cm³/mol. The van der Waals surface area contributed by atoms with Gasteiger partial charge in [-0.2, -0.15) is 0 Å². The molecule has 3 heterocycles. The van der Waals surface area contributed by atoms with Crippen molar-refractivity contribution in [1.82, 2.24) is 30.1 Å². The van der Waals surface area contributed by atoms with Crippen LogP contribution >= 0.6 is 0 Å². The standard InChI is InChI=1S/C21H22F2N6O3/c1-14-6-7-16(32-20-10-15(8-9-24-20)31-12-19(22)23)11-28(14)21(30)17-4-2-3-5-18(17)29-26-13-25-27-29/h2-5,8-10,13-14,16,19H,6-7,11-12H2,1H3/t14-,16-/m1/s1. The van der Waals surface area contributed by atoms with E-state index in [1.807, 2.05) is 6.92 Å². The third-order valence-corrected chi connectivity index (χ3v) is 5.17. The Morgan fingerprint density at radius 1 is 1.25 bits per heavy atom. The van der Waals surface area contributed by atoms with Crippen molar-refractivity contribution in [3.63, 3.8) is 0 Å². The normalized spacial score (nSPS) is 18.6. The van der Waals surface area contributed by atoms with Gasteiger partial charge in [0.2, 0.25) is 5.88 Å². The first-order valence-corrected chi connectivity index (χ1v) is 10.2. The molecule has 32 heavy (non-hydrogen) atoms. The van der Waals surface area contributed by atoms with E-state index in [2.05, 4.69) is 20.4 Å². The molecule has 0 saturated carbocycles. The van der Waals surface area contributed by atoms with Gasteiger partial charge in [0.05, 0.1) is 12.1 Å². The number of carbonyl (C=O) groups excluding carboxylic acids is 1. The molecule has 168 valence electrons. The van der Waals surface area contributed by atoms with E-state index in [1.165, 1.54) is 29.5 Å². The second kappa shape index (κ2) is 9.67. The third-order valence-electron chi connectivity index (χ3n) is 5.17. The molecule has 0 unspecified atom stereocenters. The van der Waals surface area contributed by atoms with Gasteiger partial charge in [-0.1, -0.05) is 12.1 Å². The van der Waals surface area contributed by atoms with E-state index in [-0.39, 0.29) is 29.7 Å². The van der Waals surface area contributed by atoms with Gasteiger partial charge in [0.15, 0.2) is 6.33 Å². The molecule has 0 radical (unpaired) electrons. The highest BCUT2D eigenvalue weighted by atomic mass is 19.3. The summed E-state index contributed by atoms with van der Waals surface area (Å²) >= 11 is 0. The zero-order chi connectivity index (χ0) is 22.5. The van der Waals surface area contributed by atoms with Gasteiger partial charge < -0.3 is 14.4 Å². The molecule has 0 bridgehead atoms. The number of rotatable bonds is 7. The fourth-order valence-electron chi connectivity index (χ4n) is 3.59. The Labute approximate surface area is 183 Å². The zero-order valence-electron chi connectivity index (χ0n) is 17.3. The summed E-state index contributed by atoms with van der Waals surface area (Å²) in [5.41, 5.74) is 0.995. The highest BCUT2D eigenvalue weighted by Crippen LogP contribution is 2.26. The summed E-state index contributed by atoms with van der Waals surface area (Å²) < 4.78 is 35.8. The summed E-state index contributed by atoms with van der Waals surface area (Å²) in [6.45, 7) is 1.64. The third kappa shape index (κ3) is 4.98. The maximum atomic E-state index is 13.4. The maximum Gasteiger partial charge on any atom is 0.272 e. The average Bonchev–Trinajstić information content (AvgIpc) is 3.34. The number of amides is 1. The second-order valence-corrected chi connectivity index (χ2v) is 7.40. The van der Waals surface area contributed by atoms with Crippen LogP contribution in [0.25, 0.3) is 5.69 Å². The summed E-state index contributed by atoms with van der Waals surface area (Å²) in [6.07, 6.45) is 1.34. The van der Waals surface area contributed by atoms with Crippen molar-refractivity contribution in [2.24, 2.45) is 0 Å². The van der Waals surface area contributed by atoms with Crippen molar-refractivity contribution in [3.05, 3.63) is 54.5 Å². The van der Waals surface area contributed by atoms with E-state index in [4.69, 9.17) is 9.47 Å². The fourth-order valence-corrected chi connectivity index (χ4v) is 3.59. The molecule has 1 aliphatic heterocycles. The molecule has 4 rings (SSSR count). The number of ether oxygens (including phenoxy) is 2. The van der Waals surface area contributed by atoms with Crippen molar-refractivity contribution in [2.45, 2.75) is 38.3 Å². The number of tetrazole rings is 1. The Hall–Kier alpha value is -3.63. The highest BCUT2D eigenvalue weighted by molar-refractivity contribution is 5.98. The largest absolute Gasteiger partial charge is 0.487 e. The molecule has 2 aromatic heterocycles. The van der Waals surface area contributed by atoms with Crippen LogP contribution in [0.5, 0.6) is 11.6 Å². The van der Waals surface area contributed by atoms with Crippen LogP contribution in [-0.2, 0) is 0 Å². The quantitative estimate of drug-likeness (QED) is 0.553. The van der Waals surface area contributed by atoms with Crippen LogP contribution in [0.2, 0.25) is 0 Å². The number of alkyl halides is 2. The minimum absolute atomic E-state index is 0.00720. The van der Waals surface area contributed by atoms with Crippen LogP contribution < -0.4 is 9.47 Å². The van der Waals surface area contributed by atoms with Crippen LogP contribution in [0.4, 0.5) is 8.78 Å². The Bertz CT molecular complexity index is 1050. The molecule has 1 fully saturated rings. The van der Waals surface area contributed by atoms with Crippen LogP contribution in [0.15, 0.2) is 48.9 Å². The van der Waals surface area contributed by atoms with Gasteiger partial charge in [-0.05, 0) is 43.2 Å². The van der Waals surface area contributed by atoms with Crippen LogP contribution in [0.1, 0.15) is 30.1 Å². The summed E-state index contributed by atoms with van der Waals surface area (Å²) in [4.78, 5) is 20.6. The number of aromatic nitrogens is 5. The molecule has 1 saturated heterocycles. The number of halogens is 2. The van der Waals surface area contributed by atoms with Crippen molar-refractivity contribution in [2.75, 3.05) is 13.2 Å². The van der Waals surface area contributed by atoms with E-state index in [1.54, 1.807) is 29.2 Å². The lowest BCUT2D eigenvalue weighted by Gasteiger charge is -2.38. The van der Waals surface area contributed by atoms with Gasteiger partial charge in [0.25, 0.3) is 12.3 Å².